The standard InChI is InChI=1S/C18H26N6O2/c1-12-8-14(22-21-12)9-13-10-24(11-16(13)26)18-19-5-2-17(20-18)23-6-3-15(25)4-7-23/h2,5,8,13,15-16,25-26H,3-4,6-7,9-11H2,1H3,(H,21,22)/t13-,16+/m1/s1. The molecular formula is C18H26N6O2. The van der Waals surface area contributed by atoms with Crippen molar-refractivity contribution in [1.82, 2.24) is 20.2 Å². The minimum Gasteiger partial charge on any atom is -0.393 e. The lowest BCUT2D eigenvalue weighted by molar-refractivity contribution is 0.145. The molecule has 2 aromatic heterocycles. The van der Waals surface area contributed by atoms with E-state index in [1.165, 1.54) is 0 Å². The van der Waals surface area contributed by atoms with Gasteiger partial charge in [-0.1, -0.05) is 0 Å². The summed E-state index contributed by atoms with van der Waals surface area (Å²) in [5, 5.41) is 27.4. The molecule has 140 valence electrons. The van der Waals surface area contributed by atoms with E-state index in [1.807, 2.05) is 19.1 Å². The third-order valence-corrected chi connectivity index (χ3v) is 5.34. The second-order valence-electron chi connectivity index (χ2n) is 7.41. The van der Waals surface area contributed by atoms with Crippen molar-refractivity contribution in [2.75, 3.05) is 36.0 Å². The summed E-state index contributed by atoms with van der Waals surface area (Å²) in [5.74, 6) is 1.67. The van der Waals surface area contributed by atoms with Gasteiger partial charge in [0.1, 0.15) is 5.82 Å². The summed E-state index contributed by atoms with van der Waals surface area (Å²) in [5.41, 5.74) is 2.02. The van der Waals surface area contributed by atoms with Gasteiger partial charge in [0.25, 0.3) is 0 Å². The van der Waals surface area contributed by atoms with Crippen LogP contribution in [0.4, 0.5) is 11.8 Å². The van der Waals surface area contributed by atoms with Gasteiger partial charge in [-0.25, -0.2) is 4.98 Å². The molecule has 2 aliphatic heterocycles. The van der Waals surface area contributed by atoms with Crippen molar-refractivity contribution in [3.05, 3.63) is 29.7 Å². The fourth-order valence-electron chi connectivity index (χ4n) is 3.83. The smallest absolute Gasteiger partial charge is 0.227 e. The molecule has 2 fully saturated rings. The van der Waals surface area contributed by atoms with Crippen molar-refractivity contribution in [2.24, 2.45) is 5.92 Å². The largest absolute Gasteiger partial charge is 0.393 e. The molecule has 0 bridgehead atoms. The predicted octanol–water partition coefficient (Wildman–Crippen LogP) is 0.509. The van der Waals surface area contributed by atoms with Crippen molar-refractivity contribution in [1.29, 1.82) is 0 Å². The van der Waals surface area contributed by atoms with Gasteiger partial charge in [0.05, 0.1) is 17.9 Å². The van der Waals surface area contributed by atoms with Crippen molar-refractivity contribution < 1.29 is 10.2 Å². The van der Waals surface area contributed by atoms with E-state index in [-0.39, 0.29) is 12.0 Å². The molecule has 2 aliphatic rings. The van der Waals surface area contributed by atoms with Gasteiger partial charge < -0.3 is 20.0 Å². The summed E-state index contributed by atoms with van der Waals surface area (Å²) < 4.78 is 0. The maximum Gasteiger partial charge on any atom is 0.227 e. The molecule has 0 aliphatic carbocycles. The lowest BCUT2D eigenvalue weighted by Crippen LogP contribution is -2.36. The van der Waals surface area contributed by atoms with E-state index < -0.39 is 6.10 Å². The van der Waals surface area contributed by atoms with Crippen LogP contribution in [0.1, 0.15) is 24.2 Å². The Morgan fingerprint density at radius 1 is 1.19 bits per heavy atom. The Morgan fingerprint density at radius 3 is 2.73 bits per heavy atom. The van der Waals surface area contributed by atoms with Gasteiger partial charge in [-0.3, -0.25) is 5.10 Å². The zero-order valence-electron chi connectivity index (χ0n) is 15.0. The molecule has 0 saturated carbocycles. The number of aliphatic hydroxyl groups excluding tert-OH is 2. The third kappa shape index (κ3) is 3.66. The van der Waals surface area contributed by atoms with Crippen LogP contribution in [0, 0.1) is 12.8 Å². The molecule has 0 amide bonds. The van der Waals surface area contributed by atoms with Crippen LogP contribution in [-0.4, -0.2) is 68.8 Å². The highest BCUT2D eigenvalue weighted by Gasteiger charge is 2.33. The van der Waals surface area contributed by atoms with Crippen LogP contribution in [0.2, 0.25) is 0 Å². The number of aryl methyl sites for hydroxylation is 1. The number of anilines is 2. The number of β-amino-alcohol motifs (C(OH)–C–C–N with tert-alkyl or cyclic N) is 1. The molecule has 4 rings (SSSR count). The highest BCUT2D eigenvalue weighted by molar-refractivity contribution is 5.45. The first-order valence-electron chi connectivity index (χ1n) is 9.28. The summed E-state index contributed by atoms with van der Waals surface area (Å²) in [6.45, 7) is 4.85. The monoisotopic (exact) mass is 358 g/mol. The summed E-state index contributed by atoms with van der Waals surface area (Å²) in [6.07, 6.45) is 3.45. The molecule has 0 aromatic carbocycles. The molecule has 0 unspecified atom stereocenters. The summed E-state index contributed by atoms with van der Waals surface area (Å²) in [4.78, 5) is 13.4. The molecule has 8 heteroatoms. The maximum atomic E-state index is 10.5. The van der Waals surface area contributed by atoms with Gasteiger partial charge in [0, 0.05) is 44.0 Å². The molecule has 0 radical (unpaired) electrons. The van der Waals surface area contributed by atoms with E-state index in [0.29, 0.717) is 12.5 Å². The van der Waals surface area contributed by atoms with Gasteiger partial charge in [0.2, 0.25) is 5.95 Å². The minimum atomic E-state index is -0.413. The van der Waals surface area contributed by atoms with E-state index in [1.54, 1.807) is 6.20 Å². The molecular weight excluding hydrogens is 332 g/mol. The average molecular weight is 358 g/mol. The minimum absolute atomic E-state index is 0.120. The highest BCUT2D eigenvalue weighted by Crippen LogP contribution is 2.26. The maximum absolute atomic E-state index is 10.5. The normalized spacial score (nSPS) is 24.4. The van der Waals surface area contributed by atoms with Crippen LogP contribution in [0.5, 0.6) is 0 Å². The summed E-state index contributed by atoms with van der Waals surface area (Å²) >= 11 is 0. The number of aromatic amines is 1. The number of rotatable bonds is 4. The van der Waals surface area contributed by atoms with Crippen molar-refractivity contribution in [3.8, 4) is 0 Å². The Bertz CT molecular complexity index is 743. The number of aliphatic hydroxyl groups is 2. The van der Waals surface area contributed by atoms with E-state index >= 15 is 0 Å². The van der Waals surface area contributed by atoms with E-state index in [2.05, 4.69) is 25.0 Å². The van der Waals surface area contributed by atoms with Gasteiger partial charge in [-0.2, -0.15) is 10.1 Å². The molecule has 4 heterocycles. The van der Waals surface area contributed by atoms with Gasteiger partial charge in [-0.05, 0) is 38.3 Å². The number of nitrogens with zero attached hydrogens (tertiary/aromatic N) is 5. The third-order valence-electron chi connectivity index (χ3n) is 5.34. The SMILES string of the molecule is Cc1cc(C[C@@H]2CN(c3nccc(N4CCC(O)CC4)n3)C[C@@H]2O)n[nH]1. The van der Waals surface area contributed by atoms with Gasteiger partial charge in [0.15, 0.2) is 0 Å². The lowest BCUT2D eigenvalue weighted by Gasteiger charge is -2.31. The van der Waals surface area contributed by atoms with E-state index in [9.17, 15) is 10.2 Å². The average Bonchev–Trinajstić information content (AvgIpc) is 3.22. The Morgan fingerprint density at radius 2 is 2.00 bits per heavy atom. The Balaban J connectivity index is 1.43. The predicted molar refractivity (Wildman–Crippen MR) is 98.2 cm³/mol. The molecule has 2 saturated heterocycles. The van der Waals surface area contributed by atoms with E-state index in [0.717, 1.165) is 56.1 Å². The second kappa shape index (κ2) is 7.20. The van der Waals surface area contributed by atoms with Crippen molar-refractivity contribution in [2.45, 2.75) is 38.4 Å². The van der Waals surface area contributed by atoms with Crippen LogP contribution in [-0.2, 0) is 6.42 Å². The first-order valence-corrected chi connectivity index (χ1v) is 9.28. The van der Waals surface area contributed by atoms with Gasteiger partial charge in [-0.15, -0.1) is 0 Å². The van der Waals surface area contributed by atoms with Crippen molar-refractivity contribution >= 4 is 11.8 Å². The first kappa shape index (κ1) is 17.2. The quantitative estimate of drug-likeness (QED) is 0.732. The summed E-state index contributed by atoms with van der Waals surface area (Å²) in [6, 6.07) is 3.94. The fourth-order valence-corrected chi connectivity index (χ4v) is 3.83. The molecule has 26 heavy (non-hydrogen) atoms. The molecule has 8 nitrogen and oxygen atoms in total. The molecule has 0 spiro atoms. The Labute approximate surface area is 152 Å². The topological polar surface area (TPSA) is 101 Å². The van der Waals surface area contributed by atoms with Crippen molar-refractivity contribution in [3.63, 3.8) is 0 Å². The number of H-pyrrole nitrogens is 1. The van der Waals surface area contributed by atoms with Crippen LogP contribution < -0.4 is 9.80 Å². The highest BCUT2D eigenvalue weighted by atomic mass is 16.3. The first-order chi connectivity index (χ1) is 12.6. The zero-order valence-corrected chi connectivity index (χ0v) is 15.0. The molecule has 2 atom stereocenters. The van der Waals surface area contributed by atoms with Crippen LogP contribution in [0.15, 0.2) is 18.3 Å². The lowest BCUT2D eigenvalue weighted by atomic mass is 10.0. The van der Waals surface area contributed by atoms with Crippen LogP contribution >= 0.6 is 0 Å². The van der Waals surface area contributed by atoms with Gasteiger partial charge >= 0.3 is 0 Å². The molecule has 3 N–H and O–H groups in total. The Kier molecular flexibility index (Phi) is 4.78. The van der Waals surface area contributed by atoms with Crippen LogP contribution in [0.25, 0.3) is 0 Å². The number of nitrogens with one attached hydrogen (secondary N) is 1. The molecule has 2 aromatic rings. The second-order valence-corrected chi connectivity index (χ2v) is 7.41. The summed E-state index contributed by atoms with van der Waals surface area (Å²) in [7, 11) is 0. The zero-order chi connectivity index (χ0) is 18.1. The Hall–Kier alpha value is -2.19. The van der Waals surface area contributed by atoms with Crippen LogP contribution in [0.3, 0.4) is 0 Å². The number of hydrogen-bond acceptors (Lipinski definition) is 7. The fraction of sp³-hybridized carbons (Fsp3) is 0.611. The van der Waals surface area contributed by atoms with E-state index in [4.69, 9.17) is 4.98 Å². The number of hydrogen-bond donors (Lipinski definition) is 3. The number of aromatic nitrogens is 4. The number of piperidine rings is 1.